The van der Waals surface area contributed by atoms with Crippen LogP contribution in [0.25, 0.3) is 0 Å². The fourth-order valence-corrected chi connectivity index (χ4v) is 0.408. The molecule has 33 valence electrons. The predicted molar refractivity (Wildman–Crippen MR) is 19.9 cm³/mol. The molecule has 0 aromatic carbocycles. The van der Waals surface area contributed by atoms with E-state index in [0.717, 1.165) is 0 Å². The second-order valence-electron chi connectivity index (χ2n) is 0.578. The first-order valence-electron chi connectivity index (χ1n) is 1.19. The Morgan fingerprint density at radius 3 is 1.83 bits per heavy atom. The minimum Gasteiger partial charge on any atom is -0.147 e. The maximum Gasteiger partial charge on any atom is 0.103 e. The van der Waals surface area contributed by atoms with Crippen LogP contribution >= 0.6 is 11.3 Å². The molecule has 1 rings (SSSR count). The summed E-state index contributed by atoms with van der Waals surface area (Å²) in [4.78, 5) is 0. The summed E-state index contributed by atoms with van der Waals surface area (Å²) in [7, 11) is 0. The van der Waals surface area contributed by atoms with Crippen molar-refractivity contribution in [3.05, 3.63) is 11.0 Å². The summed E-state index contributed by atoms with van der Waals surface area (Å²) >= 11 is 1.49. The molecule has 0 fully saturated rings. The van der Waals surface area contributed by atoms with Crippen LogP contribution in [-0.4, -0.2) is 10.2 Å². The Balaban J connectivity index is 0.000000250. The van der Waals surface area contributed by atoms with Crippen LogP contribution in [-0.2, 0) is 17.1 Å². The summed E-state index contributed by atoms with van der Waals surface area (Å²) in [6.45, 7) is 0. The molecule has 1 heterocycles. The molecule has 0 aliphatic heterocycles. The Bertz CT molecular complexity index is 68.0. The first-order valence-corrected chi connectivity index (χ1v) is 2.13. The molecule has 0 atom stereocenters. The topological polar surface area (TPSA) is 25.8 Å². The van der Waals surface area contributed by atoms with Gasteiger partial charge in [-0.2, -0.15) is 0 Å². The van der Waals surface area contributed by atoms with Gasteiger partial charge in [-0.05, 0) is 0 Å². The van der Waals surface area contributed by atoms with E-state index in [9.17, 15) is 0 Å². The van der Waals surface area contributed by atoms with Gasteiger partial charge in [0.15, 0.2) is 0 Å². The normalized spacial score (nSPS) is 6.67. The van der Waals surface area contributed by atoms with Crippen molar-refractivity contribution in [1.29, 1.82) is 0 Å². The largest absolute Gasteiger partial charge is 0.147 e. The Morgan fingerprint density at radius 2 is 1.67 bits per heavy atom. The van der Waals surface area contributed by atoms with Crippen molar-refractivity contribution in [1.82, 2.24) is 10.2 Å². The minimum absolute atomic E-state index is 0. The molecule has 0 bridgehead atoms. The first kappa shape index (κ1) is 6.08. The molecule has 1 aromatic rings. The maximum absolute atomic E-state index is 3.49. The van der Waals surface area contributed by atoms with Gasteiger partial charge in [-0.15, -0.1) is 21.5 Å². The molecule has 1 radical (unpaired) electrons. The molecule has 0 saturated heterocycles. The maximum atomic E-state index is 3.49. The minimum atomic E-state index is 0. The van der Waals surface area contributed by atoms with E-state index in [1.54, 1.807) is 11.0 Å². The second-order valence-corrected chi connectivity index (χ2v) is 1.27. The van der Waals surface area contributed by atoms with Gasteiger partial charge in [0, 0.05) is 17.1 Å². The monoisotopic (exact) mass is 141 g/mol. The van der Waals surface area contributed by atoms with Crippen molar-refractivity contribution in [2.45, 2.75) is 0 Å². The van der Waals surface area contributed by atoms with Crippen LogP contribution in [0.3, 0.4) is 0 Å². The van der Waals surface area contributed by atoms with Crippen molar-refractivity contribution in [3.8, 4) is 0 Å². The summed E-state index contributed by atoms with van der Waals surface area (Å²) in [6, 6.07) is 0. The summed E-state index contributed by atoms with van der Waals surface area (Å²) < 4.78 is 0. The molecule has 2 nitrogen and oxygen atoms in total. The van der Waals surface area contributed by atoms with Gasteiger partial charge in [0.05, 0.1) is 0 Å². The van der Waals surface area contributed by atoms with E-state index in [2.05, 4.69) is 10.2 Å². The van der Waals surface area contributed by atoms with Crippen LogP contribution in [0.15, 0.2) is 11.0 Å². The number of nitrogens with zero attached hydrogens (tertiary/aromatic N) is 2. The fraction of sp³-hybridized carbons (Fsp3) is 0. The Labute approximate surface area is 50.1 Å². The van der Waals surface area contributed by atoms with Gasteiger partial charge < -0.3 is 0 Å². The van der Waals surface area contributed by atoms with E-state index >= 15 is 0 Å². The van der Waals surface area contributed by atoms with Crippen LogP contribution in [0.2, 0.25) is 0 Å². The molecular formula is C2H2MnN2S. The molecule has 0 spiro atoms. The smallest absolute Gasteiger partial charge is 0.103 e. The van der Waals surface area contributed by atoms with E-state index < -0.39 is 0 Å². The van der Waals surface area contributed by atoms with E-state index in [1.165, 1.54) is 11.3 Å². The number of aromatic nitrogens is 2. The number of hydrogen-bond acceptors (Lipinski definition) is 3. The molecule has 6 heavy (non-hydrogen) atoms. The average Bonchev–Trinajstić information content (AvgIpc) is 1.76. The van der Waals surface area contributed by atoms with Gasteiger partial charge in [-0.25, -0.2) is 0 Å². The molecule has 0 amide bonds. The van der Waals surface area contributed by atoms with Gasteiger partial charge in [-0.3, -0.25) is 0 Å². The third kappa shape index (κ3) is 1.50. The van der Waals surface area contributed by atoms with Crippen molar-refractivity contribution < 1.29 is 17.1 Å². The fourth-order valence-electron chi connectivity index (χ4n) is 0.136. The zero-order chi connectivity index (χ0) is 3.54. The number of rotatable bonds is 0. The van der Waals surface area contributed by atoms with Crippen molar-refractivity contribution >= 4 is 11.3 Å². The summed E-state index contributed by atoms with van der Waals surface area (Å²) in [5.41, 5.74) is 3.36. The third-order valence-corrected chi connectivity index (χ3v) is 0.715. The zero-order valence-corrected chi connectivity index (χ0v) is 4.83. The third-order valence-electron chi connectivity index (χ3n) is 0.283. The molecule has 0 saturated carbocycles. The van der Waals surface area contributed by atoms with Crippen molar-refractivity contribution in [3.63, 3.8) is 0 Å². The van der Waals surface area contributed by atoms with Gasteiger partial charge in [-0.1, -0.05) is 0 Å². The zero-order valence-electron chi connectivity index (χ0n) is 2.84. The van der Waals surface area contributed by atoms with Crippen LogP contribution in [0, 0.1) is 0 Å². The summed E-state index contributed by atoms with van der Waals surface area (Å²) in [6.07, 6.45) is 0. The summed E-state index contributed by atoms with van der Waals surface area (Å²) in [5.74, 6) is 0. The van der Waals surface area contributed by atoms with Gasteiger partial charge in [0.2, 0.25) is 0 Å². The molecular weight excluding hydrogens is 139 g/mol. The Hall–Kier alpha value is 0.0795. The van der Waals surface area contributed by atoms with Gasteiger partial charge >= 0.3 is 0 Å². The average molecular weight is 141 g/mol. The Kier molecular flexibility index (Phi) is 3.32. The van der Waals surface area contributed by atoms with E-state index in [4.69, 9.17) is 0 Å². The van der Waals surface area contributed by atoms with E-state index in [0.29, 0.717) is 0 Å². The van der Waals surface area contributed by atoms with Crippen molar-refractivity contribution in [2.24, 2.45) is 0 Å². The van der Waals surface area contributed by atoms with Crippen LogP contribution in [0.1, 0.15) is 0 Å². The van der Waals surface area contributed by atoms with Crippen LogP contribution in [0.5, 0.6) is 0 Å². The van der Waals surface area contributed by atoms with E-state index in [1.807, 2.05) is 0 Å². The van der Waals surface area contributed by atoms with Crippen molar-refractivity contribution in [2.75, 3.05) is 0 Å². The molecule has 0 aliphatic rings. The molecule has 4 heteroatoms. The Morgan fingerprint density at radius 1 is 1.17 bits per heavy atom. The number of hydrogen-bond donors (Lipinski definition) is 0. The quantitative estimate of drug-likeness (QED) is 0.492. The summed E-state index contributed by atoms with van der Waals surface area (Å²) in [5, 5.41) is 6.98. The predicted octanol–water partition coefficient (Wildman–Crippen LogP) is 0.536. The van der Waals surface area contributed by atoms with Crippen LogP contribution in [0.4, 0.5) is 0 Å². The first-order chi connectivity index (χ1) is 2.50. The van der Waals surface area contributed by atoms with E-state index in [-0.39, 0.29) is 17.1 Å². The molecule has 1 aromatic heterocycles. The molecule has 0 aliphatic carbocycles. The second kappa shape index (κ2) is 3.28. The SMILES string of the molecule is [Mn].c1nncs1. The van der Waals surface area contributed by atoms with Gasteiger partial charge in [0.25, 0.3) is 0 Å². The standard InChI is InChI=1S/C2H2N2S.Mn/c1-3-4-2-5-1;/h1-2H;. The van der Waals surface area contributed by atoms with Gasteiger partial charge in [0.1, 0.15) is 11.0 Å². The molecule has 0 N–H and O–H groups in total. The van der Waals surface area contributed by atoms with Crippen LogP contribution < -0.4 is 0 Å². The molecule has 0 unspecified atom stereocenters.